The second-order valence-corrected chi connectivity index (χ2v) is 14.4. The van der Waals surface area contributed by atoms with E-state index < -0.39 is 0 Å². The third kappa shape index (κ3) is 6.45. The molecule has 0 atom stereocenters. The highest BCUT2D eigenvalue weighted by atomic mass is 32.1. The summed E-state index contributed by atoms with van der Waals surface area (Å²) in [5, 5.41) is 2.34. The molecule has 3 heterocycles. The van der Waals surface area contributed by atoms with E-state index >= 15 is 0 Å². The topological polar surface area (TPSA) is 64.5 Å². The number of benzene rings is 7. The molecule has 0 aliphatic rings. The average Bonchev–Trinajstić information content (AvgIpc) is 3.64. The zero-order valence-electron chi connectivity index (χ0n) is 29.5. The van der Waals surface area contributed by atoms with Crippen LogP contribution in [0.4, 0.5) is 0 Å². The van der Waals surface area contributed by atoms with Crippen LogP contribution in [0.1, 0.15) is 0 Å². The zero-order chi connectivity index (χ0) is 36.6. The van der Waals surface area contributed by atoms with Crippen molar-refractivity contribution in [1.29, 1.82) is 0 Å². The van der Waals surface area contributed by atoms with E-state index in [2.05, 4.69) is 115 Å². The quantitative estimate of drug-likeness (QED) is 0.164. The predicted octanol–water partition coefficient (Wildman–Crippen LogP) is 12.7. The molecule has 0 bridgehead atoms. The minimum atomic E-state index is 0.634. The fraction of sp³-hybridized carbons (Fsp3) is 0. The molecular formula is C49H31N5S. The first-order chi connectivity index (χ1) is 27.2. The lowest BCUT2D eigenvalue weighted by Crippen LogP contribution is -2.00. The van der Waals surface area contributed by atoms with Crippen LogP contribution < -0.4 is 0 Å². The maximum atomic E-state index is 5.09. The van der Waals surface area contributed by atoms with E-state index in [4.69, 9.17) is 24.9 Å². The van der Waals surface area contributed by atoms with Crippen molar-refractivity contribution in [2.45, 2.75) is 0 Å². The van der Waals surface area contributed by atoms with Crippen LogP contribution in [0.15, 0.2) is 188 Å². The van der Waals surface area contributed by atoms with Crippen LogP contribution in [0.3, 0.4) is 0 Å². The lowest BCUT2D eigenvalue weighted by atomic mass is 10.0. The first kappa shape index (κ1) is 32.5. The molecule has 55 heavy (non-hydrogen) atoms. The van der Waals surface area contributed by atoms with E-state index in [-0.39, 0.29) is 0 Å². The van der Waals surface area contributed by atoms with Gasteiger partial charge in [-0.15, -0.1) is 11.3 Å². The van der Waals surface area contributed by atoms with Gasteiger partial charge < -0.3 is 0 Å². The molecule has 0 spiro atoms. The highest BCUT2D eigenvalue weighted by molar-refractivity contribution is 7.25. The Morgan fingerprint density at radius 2 is 0.727 bits per heavy atom. The molecule has 0 amide bonds. The van der Waals surface area contributed by atoms with Gasteiger partial charge in [-0.05, 0) is 47.5 Å². The number of nitrogens with zero attached hydrogens (tertiary/aromatic N) is 5. The number of hydrogen-bond acceptors (Lipinski definition) is 6. The monoisotopic (exact) mass is 721 g/mol. The van der Waals surface area contributed by atoms with Gasteiger partial charge in [0.25, 0.3) is 0 Å². The predicted molar refractivity (Wildman–Crippen MR) is 226 cm³/mol. The number of aromatic nitrogens is 5. The van der Waals surface area contributed by atoms with Crippen molar-refractivity contribution in [3.8, 4) is 79.2 Å². The Bertz CT molecular complexity index is 2910. The molecule has 7 aromatic carbocycles. The van der Waals surface area contributed by atoms with Gasteiger partial charge in [-0.3, -0.25) is 0 Å². The SMILES string of the molecule is c1ccc(-c2cccc(-c3nc(-c4ccccc4)nc(-c4ccc5sc6cc(-c7cc(-c8ccccc8)nc(-c8ccccc8)n7)ccc6c5c4)n3)c2)cc1. The number of thiophene rings is 1. The van der Waals surface area contributed by atoms with E-state index in [0.29, 0.717) is 23.3 Å². The molecule has 0 saturated heterocycles. The van der Waals surface area contributed by atoms with Crippen molar-refractivity contribution in [3.05, 3.63) is 188 Å². The number of hydrogen-bond donors (Lipinski definition) is 0. The van der Waals surface area contributed by atoms with Crippen molar-refractivity contribution in [2.24, 2.45) is 0 Å². The Morgan fingerprint density at radius 3 is 1.36 bits per heavy atom. The second-order valence-electron chi connectivity index (χ2n) is 13.3. The van der Waals surface area contributed by atoms with Crippen LogP contribution in [0, 0.1) is 0 Å². The summed E-state index contributed by atoms with van der Waals surface area (Å²) in [6.45, 7) is 0. The summed E-state index contributed by atoms with van der Waals surface area (Å²) in [6, 6.07) is 64.6. The largest absolute Gasteiger partial charge is 0.228 e. The first-order valence-corrected chi connectivity index (χ1v) is 19.0. The van der Waals surface area contributed by atoms with E-state index in [0.717, 1.165) is 61.3 Å². The summed E-state index contributed by atoms with van der Waals surface area (Å²) in [6.07, 6.45) is 0. The average molecular weight is 722 g/mol. The van der Waals surface area contributed by atoms with Gasteiger partial charge in [-0.1, -0.05) is 152 Å². The Kier molecular flexibility index (Phi) is 8.28. The molecule has 5 nitrogen and oxygen atoms in total. The first-order valence-electron chi connectivity index (χ1n) is 18.2. The Hall–Kier alpha value is -7.15. The van der Waals surface area contributed by atoms with Gasteiger partial charge in [-0.25, -0.2) is 24.9 Å². The molecule has 0 saturated carbocycles. The fourth-order valence-corrected chi connectivity index (χ4v) is 8.09. The van der Waals surface area contributed by atoms with Gasteiger partial charge in [0.05, 0.1) is 11.4 Å². The summed E-state index contributed by atoms with van der Waals surface area (Å²) >= 11 is 1.78. The van der Waals surface area contributed by atoms with Crippen molar-refractivity contribution >= 4 is 31.5 Å². The maximum absolute atomic E-state index is 5.09. The van der Waals surface area contributed by atoms with Crippen LogP contribution in [0.25, 0.3) is 99.4 Å². The molecule has 6 heteroatoms. The summed E-state index contributed by atoms with van der Waals surface area (Å²) < 4.78 is 2.38. The minimum Gasteiger partial charge on any atom is -0.228 e. The van der Waals surface area contributed by atoms with Crippen molar-refractivity contribution in [3.63, 3.8) is 0 Å². The maximum Gasteiger partial charge on any atom is 0.164 e. The lowest BCUT2D eigenvalue weighted by molar-refractivity contribution is 1.07. The van der Waals surface area contributed by atoms with E-state index in [1.54, 1.807) is 11.3 Å². The molecule has 0 radical (unpaired) electrons. The van der Waals surface area contributed by atoms with Gasteiger partial charge in [0.1, 0.15) is 0 Å². The van der Waals surface area contributed by atoms with Crippen LogP contribution in [0.2, 0.25) is 0 Å². The minimum absolute atomic E-state index is 0.634. The molecule has 0 N–H and O–H groups in total. The van der Waals surface area contributed by atoms with Gasteiger partial charge in [-0.2, -0.15) is 0 Å². The third-order valence-corrected chi connectivity index (χ3v) is 10.9. The molecule has 10 aromatic rings. The molecule has 258 valence electrons. The second kappa shape index (κ2) is 14.0. The fourth-order valence-electron chi connectivity index (χ4n) is 6.96. The third-order valence-electron chi connectivity index (χ3n) is 9.75. The van der Waals surface area contributed by atoms with Crippen molar-refractivity contribution < 1.29 is 0 Å². The Morgan fingerprint density at radius 1 is 0.255 bits per heavy atom. The van der Waals surface area contributed by atoms with Crippen molar-refractivity contribution in [2.75, 3.05) is 0 Å². The summed E-state index contributed by atoms with van der Waals surface area (Å²) in [5.41, 5.74) is 9.94. The van der Waals surface area contributed by atoms with Crippen LogP contribution in [-0.2, 0) is 0 Å². The lowest BCUT2D eigenvalue weighted by Gasteiger charge is -2.10. The molecule has 10 rings (SSSR count). The summed E-state index contributed by atoms with van der Waals surface area (Å²) in [5.74, 6) is 2.61. The zero-order valence-corrected chi connectivity index (χ0v) is 30.4. The van der Waals surface area contributed by atoms with Gasteiger partial charge in [0.2, 0.25) is 0 Å². The van der Waals surface area contributed by atoms with Crippen LogP contribution in [0.5, 0.6) is 0 Å². The van der Waals surface area contributed by atoms with Gasteiger partial charge >= 0.3 is 0 Å². The smallest absolute Gasteiger partial charge is 0.164 e. The highest BCUT2D eigenvalue weighted by Crippen LogP contribution is 2.39. The molecule has 3 aromatic heterocycles. The normalized spacial score (nSPS) is 11.3. The molecule has 0 fully saturated rings. The van der Waals surface area contributed by atoms with Crippen LogP contribution >= 0.6 is 11.3 Å². The van der Waals surface area contributed by atoms with E-state index in [1.807, 2.05) is 72.8 Å². The summed E-state index contributed by atoms with van der Waals surface area (Å²) in [7, 11) is 0. The van der Waals surface area contributed by atoms with Crippen LogP contribution in [-0.4, -0.2) is 24.9 Å². The molecule has 0 unspecified atom stereocenters. The Balaban J connectivity index is 1.07. The standard InChI is InChI=1S/C49H31N5S/c1-5-14-32(15-6-1)36-22-13-23-38(28-36)48-52-47(35-20-11-4-12-21-35)53-49(54-48)39-25-27-44-41(29-39)40-26-24-37(30-45(40)55-44)43-31-42(33-16-7-2-8-17-33)50-46(51-43)34-18-9-3-10-19-34/h1-31H. The number of fused-ring (bicyclic) bond motifs is 3. The number of rotatable bonds is 7. The Labute approximate surface area is 322 Å². The molecule has 0 aliphatic carbocycles. The molecule has 0 aliphatic heterocycles. The molecular weight excluding hydrogens is 691 g/mol. The van der Waals surface area contributed by atoms with Gasteiger partial charge in [0.15, 0.2) is 23.3 Å². The van der Waals surface area contributed by atoms with E-state index in [1.165, 1.54) is 14.8 Å². The summed E-state index contributed by atoms with van der Waals surface area (Å²) in [4.78, 5) is 25.2. The highest BCUT2D eigenvalue weighted by Gasteiger charge is 2.16. The van der Waals surface area contributed by atoms with E-state index in [9.17, 15) is 0 Å². The van der Waals surface area contributed by atoms with Gasteiger partial charge in [0, 0.05) is 53.6 Å². The van der Waals surface area contributed by atoms with Crippen molar-refractivity contribution in [1.82, 2.24) is 24.9 Å².